The molecule has 0 fully saturated rings. The fourth-order valence-electron chi connectivity index (χ4n) is 2.67. The van der Waals surface area contributed by atoms with Crippen LogP contribution in [0.25, 0.3) is 0 Å². The summed E-state index contributed by atoms with van der Waals surface area (Å²) in [6, 6.07) is 18.6. The molecular formula is C22H22N4O5. The lowest BCUT2D eigenvalue weighted by Gasteiger charge is -2.08. The zero-order valence-electron chi connectivity index (χ0n) is 16.6. The van der Waals surface area contributed by atoms with Gasteiger partial charge < -0.3 is 20.2 Å². The van der Waals surface area contributed by atoms with Crippen LogP contribution in [0.4, 0.5) is 4.79 Å². The number of amides is 4. The fraction of sp³-hybridized carbons (Fsp3) is 0.136. The Morgan fingerprint density at radius 2 is 1.74 bits per heavy atom. The summed E-state index contributed by atoms with van der Waals surface area (Å²) in [5.74, 6) is 0.0784. The Kier molecular flexibility index (Phi) is 7.26. The first-order valence-electron chi connectivity index (χ1n) is 9.51. The minimum atomic E-state index is -0.602. The second-order valence-corrected chi connectivity index (χ2v) is 6.52. The number of hydrogen-bond donors (Lipinski definition) is 4. The molecule has 0 aliphatic carbocycles. The third-order valence-corrected chi connectivity index (χ3v) is 4.21. The summed E-state index contributed by atoms with van der Waals surface area (Å²) in [7, 11) is 0. The SMILES string of the molecule is NC(=O)c1cccc(CCNC(=O)NNC(=O)c2ccc(COc3ccccc3)o2)c1. The summed E-state index contributed by atoms with van der Waals surface area (Å²) in [5, 5.41) is 2.60. The van der Waals surface area contributed by atoms with Crippen molar-refractivity contribution in [1.29, 1.82) is 0 Å². The number of furan rings is 1. The second-order valence-electron chi connectivity index (χ2n) is 6.52. The van der Waals surface area contributed by atoms with E-state index in [-0.39, 0.29) is 12.4 Å². The highest BCUT2D eigenvalue weighted by Crippen LogP contribution is 2.13. The molecule has 1 heterocycles. The summed E-state index contributed by atoms with van der Waals surface area (Å²) in [4.78, 5) is 35.1. The Morgan fingerprint density at radius 1 is 0.935 bits per heavy atom. The number of nitrogens with one attached hydrogen (secondary N) is 3. The van der Waals surface area contributed by atoms with Gasteiger partial charge >= 0.3 is 11.9 Å². The van der Waals surface area contributed by atoms with E-state index in [0.717, 1.165) is 5.56 Å². The van der Waals surface area contributed by atoms with E-state index in [1.54, 1.807) is 24.3 Å². The number of rotatable bonds is 8. The highest BCUT2D eigenvalue weighted by atomic mass is 16.5. The molecule has 31 heavy (non-hydrogen) atoms. The highest BCUT2D eigenvalue weighted by Gasteiger charge is 2.12. The maximum Gasteiger partial charge on any atom is 0.333 e. The van der Waals surface area contributed by atoms with E-state index >= 15 is 0 Å². The summed E-state index contributed by atoms with van der Waals surface area (Å²) in [6.45, 7) is 0.466. The number of para-hydroxylation sites is 1. The standard InChI is InChI=1S/C22H22N4O5/c23-20(27)16-6-4-5-15(13-16)11-12-24-22(29)26-25-21(28)19-10-9-18(31-19)14-30-17-7-2-1-3-8-17/h1-10,13H,11-12,14H2,(H2,23,27)(H,25,28)(H2,24,26,29). The number of hydrogen-bond acceptors (Lipinski definition) is 5. The largest absolute Gasteiger partial charge is 0.486 e. The van der Waals surface area contributed by atoms with Gasteiger partial charge in [-0.25, -0.2) is 10.2 Å². The Morgan fingerprint density at radius 3 is 2.52 bits per heavy atom. The van der Waals surface area contributed by atoms with Crippen molar-refractivity contribution in [2.75, 3.05) is 6.54 Å². The van der Waals surface area contributed by atoms with Crippen LogP contribution in [0.2, 0.25) is 0 Å². The average molecular weight is 422 g/mol. The number of urea groups is 1. The Bertz CT molecular complexity index is 1050. The maximum atomic E-state index is 12.1. The van der Waals surface area contributed by atoms with Gasteiger partial charge in [0.05, 0.1) is 0 Å². The lowest BCUT2D eigenvalue weighted by Crippen LogP contribution is -2.47. The summed E-state index contributed by atoms with van der Waals surface area (Å²) in [5.41, 5.74) is 11.0. The molecular weight excluding hydrogens is 400 g/mol. The molecule has 1 aromatic heterocycles. The molecule has 0 radical (unpaired) electrons. The second kappa shape index (κ2) is 10.5. The van der Waals surface area contributed by atoms with Crippen molar-refractivity contribution in [1.82, 2.24) is 16.2 Å². The van der Waals surface area contributed by atoms with Gasteiger partial charge in [0.1, 0.15) is 18.1 Å². The van der Waals surface area contributed by atoms with Crippen molar-refractivity contribution in [3.8, 4) is 5.75 Å². The predicted octanol–water partition coefficient (Wildman–Crippen LogP) is 2.14. The zero-order chi connectivity index (χ0) is 22.1. The van der Waals surface area contributed by atoms with Gasteiger partial charge in [-0.15, -0.1) is 0 Å². The molecule has 3 aromatic rings. The van der Waals surface area contributed by atoms with Gasteiger partial charge in [-0.05, 0) is 48.4 Å². The van der Waals surface area contributed by atoms with Gasteiger partial charge in [0.15, 0.2) is 5.76 Å². The number of nitrogens with two attached hydrogens (primary N) is 1. The molecule has 2 aromatic carbocycles. The van der Waals surface area contributed by atoms with Crippen LogP contribution in [-0.4, -0.2) is 24.4 Å². The minimum absolute atomic E-state index is 0.0372. The normalized spacial score (nSPS) is 10.2. The number of primary amides is 1. The minimum Gasteiger partial charge on any atom is -0.486 e. The highest BCUT2D eigenvalue weighted by molar-refractivity contribution is 5.93. The van der Waals surface area contributed by atoms with Gasteiger partial charge in [0.2, 0.25) is 5.91 Å². The van der Waals surface area contributed by atoms with Crippen molar-refractivity contribution < 1.29 is 23.5 Å². The van der Waals surface area contributed by atoms with E-state index < -0.39 is 17.8 Å². The van der Waals surface area contributed by atoms with E-state index in [0.29, 0.717) is 30.0 Å². The van der Waals surface area contributed by atoms with Crippen LogP contribution in [0.5, 0.6) is 5.75 Å². The van der Waals surface area contributed by atoms with Gasteiger partial charge in [-0.1, -0.05) is 30.3 Å². The average Bonchev–Trinajstić information content (AvgIpc) is 3.26. The van der Waals surface area contributed by atoms with Crippen LogP contribution in [0.1, 0.15) is 32.2 Å². The molecule has 0 aliphatic heterocycles. The molecule has 0 aliphatic rings. The zero-order valence-corrected chi connectivity index (χ0v) is 16.6. The molecule has 3 rings (SSSR count). The Labute approximate surface area is 178 Å². The number of carbonyl (C=O) groups excluding carboxylic acids is 3. The lowest BCUT2D eigenvalue weighted by molar-refractivity contribution is 0.0904. The quantitative estimate of drug-likeness (QED) is 0.413. The Balaban J connectivity index is 1.38. The lowest BCUT2D eigenvalue weighted by atomic mass is 10.1. The molecule has 0 spiro atoms. The molecule has 0 atom stereocenters. The molecule has 160 valence electrons. The summed E-state index contributed by atoms with van der Waals surface area (Å²) < 4.78 is 11.0. The smallest absolute Gasteiger partial charge is 0.333 e. The van der Waals surface area contributed by atoms with Crippen molar-refractivity contribution >= 4 is 17.8 Å². The fourth-order valence-corrected chi connectivity index (χ4v) is 2.67. The molecule has 4 amide bonds. The first-order valence-corrected chi connectivity index (χ1v) is 9.51. The molecule has 0 unspecified atom stereocenters. The number of carbonyl (C=O) groups is 3. The number of benzene rings is 2. The van der Waals surface area contributed by atoms with Crippen LogP contribution in [0, 0.1) is 0 Å². The summed E-state index contributed by atoms with van der Waals surface area (Å²) in [6.07, 6.45) is 0.492. The van der Waals surface area contributed by atoms with Crippen LogP contribution in [0.3, 0.4) is 0 Å². The summed E-state index contributed by atoms with van der Waals surface area (Å²) >= 11 is 0. The van der Waals surface area contributed by atoms with Crippen LogP contribution in [-0.2, 0) is 13.0 Å². The van der Waals surface area contributed by atoms with Gasteiger partial charge in [-0.2, -0.15) is 0 Å². The number of hydrazine groups is 1. The Hall–Kier alpha value is -4.27. The van der Waals surface area contributed by atoms with Crippen molar-refractivity contribution in [3.63, 3.8) is 0 Å². The van der Waals surface area contributed by atoms with E-state index in [1.807, 2.05) is 36.4 Å². The molecule has 0 saturated heterocycles. The first-order chi connectivity index (χ1) is 15.0. The molecule has 0 bridgehead atoms. The third-order valence-electron chi connectivity index (χ3n) is 4.21. The van der Waals surface area contributed by atoms with Crippen LogP contribution in [0.15, 0.2) is 71.1 Å². The predicted molar refractivity (Wildman–Crippen MR) is 112 cm³/mol. The van der Waals surface area contributed by atoms with Crippen LogP contribution >= 0.6 is 0 Å². The van der Waals surface area contributed by atoms with E-state index in [2.05, 4.69) is 16.2 Å². The van der Waals surface area contributed by atoms with Crippen molar-refractivity contribution in [3.05, 3.63) is 89.4 Å². The third kappa shape index (κ3) is 6.64. The van der Waals surface area contributed by atoms with Crippen molar-refractivity contribution in [2.45, 2.75) is 13.0 Å². The monoisotopic (exact) mass is 422 g/mol. The maximum absolute atomic E-state index is 12.1. The molecule has 5 N–H and O–H groups in total. The van der Waals surface area contributed by atoms with Gasteiger partial charge in [0.25, 0.3) is 0 Å². The van der Waals surface area contributed by atoms with E-state index in [9.17, 15) is 14.4 Å². The van der Waals surface area contributed by atoms with E-state index in [1.165, 1.54) is 6.07 Å². The molecule has 9 heteroatoms. The van der Waals surface area contributed by atoms with Crippen LogP contribution < -0.4 is 26.6 Å². The topological polar surface area (TPSA) is 136 Å². The van der Waals surface area contributed by atoms with E-state index in [4.69, 9.17) is 14.9 Å². The van der Waals surface area contributed by atoms with Gasteiger partial charge in [-0.3, -0.25) is 15.0 Å². The first kappa shape index (κ1) is 21.4. The molecule has 0 saturated carbocycles. The molecule has 9 nitrogen and oxygen atoms in total. The van der Waals surface area contributed by atoms with Gasteiger partial charge in [0, 0.05) is 12.1 Å². The van der Waals surface area contributed by atoms with Crippen molar-refractivity contribution in [2.24, 2.45) is 5.73 Å². The number of ether oxygens (including phenoxy) is 1.